The number of piperazine rings is 1. The van der Waals surface area contributed by atoms with Gasteiger partial charge in [-0.3, -0.25) is 9.59 Å². The Morgan fingerprint density at radius 3 is 2.48 bits per heavy atom. The molecule has 0 radical (unpaired) electrons. The highest BCUT2D eigenvalue weighted by Gasteiger charge is 2.30. The molecule has 0 spiro atoms. The van der Waals surface area contributed by atoms with Gasteiger partial charge in [-0.2, -0.15) is 0 Å². The van der Waals surface area contributed by atoms with E-state index >= 15 is 0 Å². The lowest BCUT2D eigenvalue weighted by atomic mass is 9.97. The molecule has 0 aromatic carbocycles. The number of nitrogens with zero attached hydrogens (tertiary/aromatic N) is 1. The van der Waals surface area contributed by atoms with Gasteiger partial charge in [0.25, 0.3) is 0 Å². The summed E-state index contributed by atoms with van der Waals surface area (Å²) in [5, 5.41) is 9.19. The maximum absolute atomic E-state index is 12.4. The van der Waals surface area contributed by atoms with Crippen LogP contribution in [-0.4, -0.2) is 62.0 Å². The van der Waals surface area contributed by atoms with Gasteiger partial charge in [0.1, 0.15) is 6.04 Å². The predicted molar refractivity (Wildman–Crippen MR) is 93.7 cm³/mol. The number of rotatable bonds is 7. The summed E-state index contributed by atoms with van der Waals surface area (Å²) < 4.78 is 0. The molecular formula is C16H31ClN4O2. The van der Waals surface area contributed by atoms with E-state index in [1.807, 2.05) is 0 Å². The van der Waals surface area contributed by atoms with E-state index in [-0.39, 0.29) is 30.3 Å². The van der Waals surface area contributed by atoms with Gasteiger partial charge in [0.15, 0.2) is 0 Å². The zero-order valence-electron chi connectivity index (χ0n) is 14.1. The van der Waals surface area contributed by atoms with E-state index < -0.39 is 0 Å². The molecule has 1 saturated carbocycles. The normalized spacial score (nSPS) is 20.6. The molecule has 7 heteroatoms. The standard InChI is InChI=1S/C16H30N4O2.ClH/c1-13(21)19-15(14-5-2-3-6-14)16(22)18-7-4-10-20-11-8-17-9-12-20;/h14-15,17H,2-12H2,1H3,(H,18,22)(H,19,21);1H. The molecule has 1 aliphatic carbocycles. The second kappa shape index (κ2) is 10.8. The van der Waals surface area contributed by atoms with E-state index in [9.17, 15) is 9.59 Å². The Balaban J connectivity index is 0.00000264. The molecule has 2 fully saturated rings. The largest absolute Gasteiger partial charge is 0.354 e. The quantitative estimate of drug-likeness (QED) is 0.587. The van der Waals surface area contributed by atoms with Gasteiger partial charge in [-0.15, -0.1) is 12.4 Å². The molecule has 0 aromatic heterocycles. The first-order valence-corrected chi connectivity index (χ1v) is 8.64. The van der Waals surface area contributed by atoms with Crippen LogP contribution in [0.4, 0.5) is 0 Å². The maximum Gasteiger partial charge on any atom is 0.242 e. The summed E-state index contributed by atoms with van der Waals surface area (Å²) in [5.41, 5.74) is 0. The van der Waals surface area contributed by atoms with Gasteiger partial charge in [-0.1, -0.05) is 12.8 Å². The van der Waals surface area contributed by atoms with Crippen molar-refractivity contribution >= 4 is 24.2 Å². The van der Waals surface area contributed by atoms with E-state index in [0.29, 0.717) is 12.5 Å². The molecule has 2 amide bonds. The Morgan fingerprint density at radius 1 is 1.22 bits per heavy atom. The van der Waals surface area contributed by atoms with E-state index in [1.165, 1.54) is 6.92 Å². The summed E-state index contributed by atoms with van der Waals surface area (Å²) >= 11 is 0. The number of hydrogen-bond donors (Lipinski definition) is 3. The van der Waals surface area contributed by atoms with Gasteiger partial charge >= 0.3 is 0 Å². The van der Waals surface area contributed by atoms with Gasteiger partial charge in [0.2, 0.25) is 11.8 Å². The number of hydrogen-bond acceptors (Lipinski definition) is 4. The molecule has 2 rings (SSSR count). The van der Waals surface area contributed by atoms with Crippen molar-refractivity contribution in [1.29, 1.82) is 0 Å². The van der Waals surface area contributed by atoms with Crippen LogP contribution in [0.1, 0.15) is 39.0 Å². The first-order chi connectivity index (χ1) is 10.7. The number of carbonyl (C=O) groups is 2. The van der Waals surface area contributed by atoms with Crippen molar-refractivity contribution in [1.82, 2.24) is 20.9 Å². The fourth-order valence-corrected chi connectivity index (χ4v) is 3.47. The van der Waals surface area contributed by atoms with E-state index in [0.717, 1.165) is 64.8 Å². The van der Waals surface area contributed by atoms with Crippen LogP contribution in [0.5, 0.6) is 0 Å². The Bertz CT molecular complexity index is 369. The molecule has 0 bridgehead atoms. The number of nitrogens with one attached hydrogen (secondary N) is 3. The van der Waals surface area contributed by atoms with Crippen LogP contribution < -0.4 is 16.0 Å². The predicted octanol–water partition coefficient (Wildman–Crippen LogP) is 0.515. The van der Waals surface area contributed by atoms with E-state index in [2.05, 4.69) is 20.9 Å². The summed E-state index contributed by atoms with van der Waals surface area (Å²) in [7, 11) is 0. The minimum absolute atomic E-state index is 0. The Labute approximate surface area is 145 Å². The molecule has 1 aliphatic heterocycles. The third kappa shape index (κ3) is 7.06. The second-order valence-electron chi connectivity index (χ2n) is 6.46. The highest BCUT2D eigenvalue weighted by Crippen LogP contribution is 2.27. The average Bonchev–Trinajstić information content (AvgIpc) is 3.04. The molecule has 23 heavy (non-hydrogen) atoms. The minimum Gasteiger partial charge on any atom is -0.354 e. The summed E-state index contributed by atoms with van der Waals surface area (Å²) in [6.45, 7) is 7.48. The van der Waals surface area contributed by atoms with Crippen molar-refractivity contribution in [2.75, 3.05) is 39.3 Å². The van der Waals surface area contributed by atoms with E-state index in [4.69, 9.17) is 0 Å². The van der Waals surface area contributed by atoms with E-state index in [1.54, 1.807) is 0 Å². The Hall–Kier alpha value is -0.850. The lowest BCUT2D eigenvalue weighted by Gasteiger charge is -2.27. The highest BCUT2D eigenvalue weighted by molar-refractivity contribution is 5.87. The summed E-state index contributed by atoms with van der Waals surface area (Å²) in [6.07, 6.45) is 5.37. The maximum atomic E-state index is 12.4. The SMILES string of the molecule is CC(=O)NC(C(=O)NCCCN1CCNCC1)C1CCCC1.Cl. The molecule has 6 nitrogen and oxygen atoms in total. The van der Waals surface area contributed by atoms with Crippen molar-refractivity contribution < 1.29 is 9.59 Å². The van der Waals surface area contributed by atoms with Gasteiger partial charge in [-0.25, -0.2) is 0 Å². The van der Waals surface area contributed by atoms with Crippen LogP contribution >= 0.6 is 12.4 Å². The summed E-state index contributed by atoms with van der Waals surface area (Å²) in [4.78, 5) is 26.1. The zero-order valence-corrected chi connectivity index (χ0v) is 14.9. The molecule has 134 valence electrons. The molecule has 1 atom stereocenters. The molecule has 1 unspecified atom stereocenters. The lowest BCUT2D eigenvalue weighted by molar-refractivity contribution is -0.129. The molecule has 1 heterocycles. The van der Waals surface area contributed by atoms with Crippen LogP contribution in [0.2, 0.25) is 0 Å². The van der Waals surface area contributed by atoms with Crippen molar-refractivity contribution in [3.05, 3.63) is 0 Å². The highest BCUT2D eigenvalue weighted by atomic mass is 35.5. The van der Waals surface area contributed by atoms with Gasteiger partial charge < -0.3 is 20.9 Å². The summed E-state index contributed by atoms with van der Waals surface area (Å²) in [5.74, 6) is 0.173. The lowest BCUT2D eigenvalue weighted by Crippen LogP contribution is -2.50. The fourth-order valence-electron chi connectivity index (χ4n) is 3.47. The number of amides is 2. The van der Waals surface area contributed by atoms with Crippen LogP contribution in [-0.2, 0) is 9.59 Å². The third-order valence-corrected chi connectivity index (χ3v) is 4.67. The molecule has 2 aliphatic rings. The Kier molecular flexibility index (Phi) is 9.52. The fraction of sp³-hybridized carbons (Fsp3) is 0.875. The van der Waals surface area contributed by atoms with Crippen LogP contribution in [0.15, 0.2) is 0 Å². The van der Waals surface area contributed by atoms with Gasteiger partial charge in [0, 0.05) is 39.6 Å². The minimum atomic E-state index is -0.348. The third-order valence-electron chi connectivity index (χ3n) is 4.67. The topological polar surface area (TPSA) is 73.5 Å². The zero-order chi connectivity index (χ0) is 15.8. The van der Waals surface area contributed by atoms with Crippen molar-refractivity contribution in [3.63, 3.8) is 0 Å². The van der Waals surface area contributed by atoms with Gasteiger partial charge in [-0.05, 0) is 31.7 Å². The van der Waals surface area contributed by atoms with Crippen molar-refractivity contribution in [3.8, 4) is 0 Å². The summed E-state index contributed by atoms with van der Waals surface area (Å²) in [6, 6.07) is -0.348. The van der Waals surface area contributed by atoms with Crippen LogP contribution in [0.3, 0.4) is 0 Å². The first kappa shape index (κ1) is 20.2. The van der Waals surface area contributed by atoms with Crippen molar-refractivity contribution in [2.24, 2.45) is 5.92 Å². The monoisotopic (exact) mass is 346 g/mol. The smallest absolute Gasteiger partial charge is 0.242 e. The first-order valence-electron chi connectivity index (χ1n) is 8.64. The van der Waals surface area contributed by atoms with Crippen molar-refractivity contribution in [2.45, 2.75) is 45.1 Å². The molecule has 0 aromatic rings. The number of halogens is 1. The molecule has 1 saturated heterocycles. The number of carbonyl (C=O) groups excluding carboxylic acids is 2. The second-order valence-corrected chi connectivity index (χ2v) is 6.46. The van der Waals surface area contributed by atoms with Gasteiger partial charge in [0.05, 0.1) is 0 Å². The van der Waals surface area contributed by atoms with Crippen LogP contribution in [0.25, 0.3) is 0 Å². The Morgan fingerprint density at radius 2 is 1.87 bits per heavy atom. The molecule has 3 N–H and O–H groups in total. The average molecular weight is 347 g/mol. The molecular weight excluding hydrogens is 316 g/mol. The van der Waals surface area contributed by atoms with Crippen LogP contribution in [0, 0.1) is 5.92 Å².